The molecule has 3 unspecified atom stereocenters. The molecule has 1 heterocycles. The number of amides is 1. The van der Waals surface area contributed by atoms with E-state index >= 15 is 0 Å². The third-order valence-corrected chi connectivity index (χ3v) is 4.17. The molecule has 3 nitrogen and oxygen atoms in total. The van der Waals surface area contributed by atoms with Gasteiger partial charge in [-0.25, -0.2) is 0 Å². The van der Waals surface area contributed by atoms with Crippen LogP contribution in [0.1, 0.15) is 38.5 Å². The van der Waals surface area contributed by atoms with Crippen molar-refractivity contribution in [1.82, 2.24) is 10.6 Å². The molecule has 2 aliphatic rings. The van der Waals surface area contributed by atoms with Gasteiger partial charge in [0.2, 0.25) is 5.91 Å². The molecule has 2 fully saturated rings. The van der Waals surface area contributed by atoms with Crippen LogP contribution in [-0.4, -0.2) is 31.2 Å². The van der Waals surface area contributed by atoms with E-state index in [4.69, 9.17) is 0 Å². The highest BCUT2D eigenvalue weighted by molar-refractivity contribution is 5.76. The van der Waals surface area contributed by atoms with Gasteiger partial charge in [-0.15, -0.1) is 0 Å². The summed E-state index contributed by atoms with van der Waals surface area (Å²) in [7, 11) is 0. The van der Waals surface area contributed by atoms with E-state index in [1.165, 1.54) is 0 Å². The second-order valence-electron chi connectivity index (χ2n) is 5.67. The van der Waals surface area contributed by atoms with Gasteiger partial charge in [-0.1, -0.05) is 12.8 Å². The van der Waals surface area contributed by atoms with Gasteiger partial charge in [0.15, 0.2) is 0 Å². The molecule has 0 bridgehead atoms. The van der Waals surface area contributed by atoms with Gasteiger partial charge in [0, 0.05) is 12.5 Å². The summed E-state index contributed by atoms with van der Waals surface area (Å²) in [5.41, 5.74) is 0. The molecule has 0 aromatic heterocycles. The van der Waals surface area contributed by atoms with Crippen LogP contribution in [-0.2, 0) is 4.79 Å². The van der Waals surface area contributed by atoms with Crippen LogP contribution in [0.15, 0.2) is 0 Å². The molecule has 0 radical (unpaired) electrons. The summed E-state index contributed by atoms with van der Waals surface area (Å²) < 4.78 is 38.7. The maximum Gasteiger partial charge on any atom is 0.393 e. The van der Waals surface area contributed by atoms with Crippen LogP contribution >= 0.6 is 0 Å². The molecular weight excluding hydrogens is 257 g/mol. The van der Waals surface area contributed by atoms with Gasteiger partial charge in [-0.2, -0.15) is 13.2 Å². The van der Waals surface area contributed by atoms with Crippen molar-refractivity contribution in [3.8, 4) is 0 Å². The first kappa shape index (κ1) is 14.6. The first-order chi connectivity index (χ1) is 8.97. The fourth-order valence-corrected chi connectivity index (χ4v) is 3.11. The van der Waals surface area contributed by atoms with Crippen molar-refractivity contribution in [2.45, 2.75) is 50.7 Å². The quantitative estimate of drug-likeness (QED) is 0.831. The minimum Gasteiger partial charge on any atom is -0.353 e. The molecule has 0 aromatic rings. The van der Waals surface area contributed by atoms with Crippen LogP contribution in [0.3, 0.4) is 0 Å². The zero-order valence-electron chi connectivity index (χ0n) is 10.9. The first-order valence-electron chi connectivity index (χ1n) is 7.03. The summed E-state index contributed by atoms with van der Waals surface area (Å²) in [5, 5.41) is 5.77. The SMILES string of the molecule is O=C(CC1CCNC1)NC1CCCCC1C(F)(F)F. The van der Waals surface area contributed by atoms with Crippen LogP contribution in [0.25, 0.3) is 0 Å². The number of carbonyl (C=O) groups excluding carboxylic acids is 1. The molecule has 0 aromatic carbocycles. The Morgan fingerprint density at radius 2 is 1.95 bits per heavy atom. The smallest absolute Gasteiger partial charge is 0.353 e. The number of alkyl halides is 3. The van der Waals surface area contributed by atoms with E-state index in [-0.39, 0.29) is 18.2 Å². The van der Waals surface area contributed by atoms with Crippen LogP contribution in [0.4, 0.5) is 13.2 Å². The monoisotopic (exact) mass is 278 g/mol. The van der Waals surface area contributed by atoms with E-state index < -0.39 is 18.1 Å². The summed E-state index contributed by atoms with van der Waals surface area (Å²) in [6, 6.07) is -0.726. The van der Waals surface area contributed by atoms with E-state index in [1.54, 1.807) is 0 Å². The van der Waals surface area contributed by atoms with Gasteiger partial charge in [0.05, 0.1) is 5.92 Å². The van der Waals surface area contributed by atoms with E-state index in [9.17, 15) is 18.0 Å². The molecule has 2 N–H and O–H groups in total. The highest BCUT2D eigenvalue weighted by Gasteiger charge is 2.45. The van der Waals surface area contributed by atoms with Gasteiger partial charge in [0.1, 0.15) is 0 Å². The topological polar surface area (TPSA) is 41.1 Å². The molecule has 1 amide bonds. The number of hydrogen-bond donors (Lipinski definition) is 2. The van der Waals surface area contributed by atoms with Crippen LogP contribution in [0.5, 0.6) is 0 Å². The number of hydrogen-bond acceptors (Lipinski definition) is 2. The Kier molecular flexibility index (Phi) is 4.71. The molecule has 0 spiro atoms. The van der Waals surface area contributed by atoms with Crippen LogP contribution < -0.4 is 10.6 Å². The lowest BCUT2D eigenvalue weighted by atomic mass is 9.84. The average Bonchev–Trinajstić information content (AvgIpc) is 2.81. The minimum atomic E-state index is -4.20. The molecule has 19 heavy (non-hydrogen) atoms. The largest absolute Gasteiger partial charge is 0.393 e. The Balaban J connectivity index is 1.86. The molecule has 2 rings (SSSR count). The fourth-order valence-electron chi connectivity index (χ4n) is 3.11. The lowest BCUT2D eigenvalue weighted by Crippen LogP contribution is -2.48. The van der Waals surface area contributed by atoms with E-state index in [0.29, 0.717) is 19.3 Å². The summed E-state index contributed by atoms with van der Waals surface area (Å²) in [4.78, 5) is 11.8. The molecule has 3 atom stereocenters. The number of carbonyl (C=O) groups is 1. The second-order valence-corrected chi connectivity index (χ2v) is 5.67. The molecule has 6 heteroatoms. The minimum absolute atomic E-state index is 0.138. The van der Waals surface area contributed by atoms with Gasteiger partial charge in [0.25, 0.3) is 0 Å². The highest BCUT2D eigenvalue weighted by atomic mass is 19.4. The van der Waals surface area contributed by atoms with Gasteiger partial charge >= 0.3 is 6.18 Å². The lowest BCUT2D eigenvalue weighted by molar-refractivity contribution is -0.189. The van der Waals surface area contributed by atoms with E-state index in [1.807, 2.05) is 0 Å². The zero-order chi connectivity index (χ0) is 13.9. The predicted molar refractivity (Wildman–Crippen MR) is 65.5 cm³/mol. The standard InChI is InChI=1S/C13H21F3N2O/c14-13(15,16)10-3-1-2-4-11(10)18-12(19)7-9-5-6-17-8-9/h9-11,17H,1-8H2,(H,18,19). The zero-order valence-corrected chi connectivity index (χ0v) is 10.9. The summed E-state index contributed by atoms with van der Waals surface area (Å²) in [5.74, 6) is -1.32. The van der Waals surface area contributed by atoms with Gasteiger partial charge in [-0.05, 0) is 38.3 Å². The summed E-state index contributed by atoms with van der Waals surface area (Å²) >= 11 is 0. The Hall–Kier alpha value is -0.780. The van der Waals surface area contributed by atoms with Crippen molar-refractivity contribution in [3.05, 3.63) is 0 Å². The van der Waals surface area contributed by atoms with Gasteiger partial charge in [-0.3, -0.25) is 4.79 Å². The normalized spacial score (nSPS) is 32.3. The molecule has 1 aliphatic carbocycles. The number of nitrogens with one attached hydrogen (secondary N) is 2. The highest BCUT2D eigenvalue weighted by Crippen LogP contribution is 2.37. The average molecular weight is 278 g/mol. The Morgan fingerprint density at radius 3 is 2.58 bits per heavy atom. The maximum atomic E-state index is 12.9. The molecule has 110 valence electrons. The second kappa shape index (κ2) is 6.11. The summed E-state index contributed by atoms with van der Waals surface area (Å²) in [6.07, 6.45) is -0.980. The van der Waals surface area contributed by atoms with Gasteiger partial charge < -0.3 is 10.6 Å². The van der Waals surface area contributed by atoms with Crippen molar-refractivity contribution in [2.75, 3.05) is 13.1 Å². The van der Waals surface area contributed by atoms with Crippen LogP contribution in [0, 0.1) is 11.8 Å². The Bertz CT molecular complexity index is 314. The maximum absolute atomic E-state index is 12.9. The number of rotatable bonds is 3. The van der Waals surface area contributed by atoms with Crippen molar-refractivity contribution in [1.29, 1.82) is 0 Å². The first-order valence-corrected chi connectivity index (χ1v) is 7.03. The van der Waals surface area contributed by atoms with Crippen molar-refractivity contribution in [3.63, 3.8) is 0 Å². The summed E-state index contributed by atoms with van der Waals surface area (Å²) in [6.45, 7) is 1.69. The Labute approximate surface area is 111 Å². The molecule has 1 saturated carbocycles. The molecular formula is C13H21F3N2O. The van der Waals surface area contributed by atoms with Crippen molar-refractivity contribution < 1.29 is 18.0 Å². The fraction of sp³-hybridized carbons (Fsp3) is 0.923. The van der Waals surface area contributed by atoms with Crippen LogP contribution in [0.2, 0.25) is 0 Å². The van der Waals surface area contributed by atoms with E-state index in [0.717, 1.165) is 25.9 Å². The number of halogens is 3. The molecule has 1 saturated heterocycles. The van der Waals surface area contributed by atoms with E-state index in [2.05, 4.69) is 10.6 Å². The van der Waals surface area contributed by atoms with Crippen molar-refractivity contribution in [2.24, 2.45) is 11.8 Å². The third kappa shape index (κ3) is 4.09. The lowest BCUT2D eigenvalue weighted by Gasteiger charge is -2.33. The third-order valence-electron chi connectivity index (χ3n) is 4.17. The molecule has 1 aliphatic heterocycles. The predicted octanol–water partition coefficient (Wildman–Crippen LogP) is 2.22. The Morgan fingerprint density at radius 1 is 1.21 bits per heavy atom. The van der Waals surface area contributed by atoms with Crippen molar-refractivity contribution >= 4 is 5.91 Å².